The zero-order valence-electron chi connectivity index (χ0n) is 17.6. The fourth-order valence-electron chi connectivity index (χ4n) is 3.18. The average molecular weight is 441 g/mol. The van der Waals surface area contributed by atoms with E-state index in [1.807, 2.05) is 32.9 Å². The van der Waals surface area contributed by atoms with Gasteiger partial charge in [-0.1, -0.05) is 31.2 Å². The highest BCUT2D eigenvalue weighted by molar-refractivity contribution is 7.92. The molecule has 3 aromatic carbocycles. The second kappa shape index (κ2) is 9.31. The second-order valence-electron chi connectivity index (χ2n) is 7.42. The van der Waals surface area contributed by atoms with Gasteiger partial charge in [-0.2, -0.15) is 0 Å². The summed E-state index contributed by atoms with van der Waals surface area (Å²) >= 11 is 0. The van der Waals surface area contributed by atoms with Crippen molar-refractivity contribution in [3.05, 3.63) is 94.8 Å². The third kappa shape index (κ3) is 5.49. The van der Waals surface area contributed by atoms with E-state index in [1.54, 1.807) is 6.07 Å². The summed E-state index contributed by atoms with van der Waals surface area (Å²) in [4.78, 5) is 12.8. The number of hydrogen-bond donors (Lipinski definition) is 2. The van der Waals surface area contributed by atoms with Crippen LogP contribution in [0.4, 0.5) is 10.1 Å². The molecule has 3 rings (SSSR count). The third-order valence-corrected chi connectivity index (χ3v) is 6.53. The summed E-state index contributed by atoms with van der Waals surface area (Å²) in [6.07, 6.45) is 0.693. The van der Waals surface area contributed by atoms with E-state index in [9.17, 15) is 17.6 Å². The molecular weight excluding hydrogens is 415 g/mol. The first-order valence-electron chi connectivity index (χ1n) is 9.96. The summed E-state index contributed by atoms with van der Waals surface area (Å²) in [5, 5.41) is 2.98. The minimum absolute atomic E-state index is 0.0521. The zero-order chi connectivity index (χ0) is 22.6. The van der Waals surface area contributed by atoms with Gasteiger partial charge in [-0.15, -0.1) is 0 Å². The molecule has 0 spiro atoms. The quantitative estimate of drug-likeness (QED) is 0.535. The smallest absolute Gasteiger partial charge is 0.261 e. The fourth-order valence-corrected chi connectivity index (χ4v) is 4.28. The van der Waals surface area contributed by atoms with E-state index in [4.69, 9.17) is 0 Å². The fraction of sp³-hybridized carbons (Fsp3) is 0.208. The minimum atomic E-state index is -3.93. The maximum atomic E-state index is 13.1. The van der Waals surface area contributed by atoms with E-state index < -0.39 is 15.8 Å². The first-order chi connectivity index (χ1) is 14.7. The number of halogens is 1. The number of rotatable bonds is 7. The molecule has 0 saturated carbocycles. The lowest BCUT2D eigenvalue weighted by molar-refractivity contribution is 0.0935. The van der Waals surface area contributed by atoms with Gasteiger partial charge in [-0.05, 0) is 79.4 Å². The van der Waals surface area contributed by atoms with Gasteiger partial charge in [0.05, 0.1) is 10.9 Å². The molecule has 0 fully saturated rings. The van der Waals surface area contributed by atoms with Crippen LogP contribution in [0.3, 0.4) is 0 Å². The van der Waals surface area contributed by atoms with Crippen molar-refractivity contribution in [2.24, 2.45) is 0 Å². The van der Waals surface area contributed by atoms with Crippen molar-refractivity contribution in [1.82, 2.24) is 5.32 Å². The molecule has 3 aromatic rings. The van der Waals surface area contributed by atoms with Crippen LogP contribution in [0.15, 0.2) is 71.6 Å². The molecule has 0 aromatic heterocycles. The number of nitrogens with one attached hydrogen (secondary N) is 2. The van der Waals surface area contributed by atoms with Crippen LogP contribution in [0.25, 0.3) is 0 Å². The number of aryl methyl sites for hydroxylation is 2. The number of carbonyl (C=O) groups is 1. The summed E-state index contributed by atoms with van der Waals surface area (Å²) in [5.41, 5.74) is 3.80. The number of benzene rings is 3. The van der Waals surface area contributed by atoms with Crippen LogP contribution in [-0.2, 0) is 10.0 Å². The van der Waals surface area contributed by atoms with E-state index >= 15 is 0 Å². The van der Waals surface area contributed by atoms with Gasteiger partial charge in [0.15, 0.2) is 0 Å². The Morgan fingerprint density at radius 3 is 2.32 bits per heavy atom. The molecule has 31 heavy (non-hydrogen) atoms. The van der Waals surface area contributed by atoms with Gasteiger partial charge in [0, 0.05) is 11.3 Å². The van der Waals surface area contributed by atoms with Crippen molar-refractivity contribution in [2.45, 2.75) is 38.1 Å². The van der Waals surface area contributed by atoms with Crippen LogP contribution >= 0.6 is 0 Å². The van der Waals surface area contributed by atoms with Gasteiger partial charge < -0.3 is 5.32 Å². The van der Waals surface area contributed by atoms with Gasteiger partial charge in [0.25, 0.3) is 15.9 Å². The maximum Gasteiger partial charge on any atom is 0.261 e. The molecular formula is C24H25FN2O3S. The molecule has 0 heterocycles. The Morgan fingerprint density at radius 1 is 0.968 bits per heavy atom. The summed E-state index contributed by atoms with van der Waals surface area (Å²) in [6.45, 7) is 6.04. The minimum Gasteiger partial charge on any atom is -0.345 e. The molecule has 1 amide bonds. The van der Waals surface area contributed by atoms with E-state index in [-0.39, 0.29) is 28.1 Å². The van der Waals surface area contributed by atoms with Gasteiger partial charge in [0.1, 0.15) is 5.82 Å². The average Bonchev–Trinajstić information content (AvgIpc) is 2.75. The third-order valence-electron chi connectivity index (χ3n) is 5.15. The highest BCUT2D eigenvalue weighted by Gasteiger charge is 2.19. The Hall–Kier alpha value is -3.19. The van der Waals surface area contributed by atoms with Crippen molar-refractivity contribution in [2.75, 3.05) is 4.72 Å². The first-order valence-corrected chi connectivity index (χ1v) is 11.4. The van der Waals surface area contributed by atoms with Crippen LogP contribution < -0.4 is 10.0 Å². The number of anilines is 1. The molecule has 0 bridgehead atoms. The van der Waals surface area contributed by atoms with Crippen molar-refractivity contribution < 1.29 is 17.6 Å². The SMILES string of the molecule is CC[C@@H](NC(=O)c1cccc(S(=O)(=O)Nc2ccc(F)cc2)c1)c1ccc(C)c(C)c1. The molecule has 5 nitrogen and oxygen atoms in total. The number of amides is 1. The summed E-state index contributed by atoms with van der Waals surface area (Å²) in [7, 11) is -3.93. The van der Waals surface area contributed by atoms with Crippen molar-refractivity contribution in [3.8, 4) is 0 Å². The Labute approximate surface area is 182 Å². The number of sulfonamides is 1. The molecule has 2 N–H and O–H groups in total. The summed E-state index contributed by atoms with van der Waals surface area (Å²) in [5.74, 6) is -0.820. The topological polar surface area (TPSA) is 75.3 Å². The number of carbonyl (C=O) groups excluding carboxylic acids is 1. The van der Waals surface area contributed by atoms with Gasteiger partial charge in [-0.25, -0.2) is 12.8 Å². The Kier molecular flexibility index (Phi) is 6.75. The molecule has 0 saturated heterocycles. The Morgan fingerprint density at radius 2 is 1.68 bits per heavy atom. The van der Waals surface area contributed by atoms with Crippen LogP contribution in [0.5, 0.6) is 0 Å². The molecule has 162 valence electrons. The van der Waals surface area contributed by atoms with Crippen molar-refractivity contribution in [3.63, 3.8) is 0 Å². The molecule has 7 heteroatoms. The molecule has 0 aliphatic rings. The molecule has 0 unspecified atom stereocenters. The van der Waals surface area contributed by atoms with Gasteiger partial charge in [0.2, 0.25) is 0 Å². The highest BCUT2D eigenvalue weighted by Crippen LogP contribution is 2.22. The Bertz CT molecular complexity index is 1190. The zero-order valence-corrected chi connectivity index (χ0v) is 18.5. The van der Waals surface area contributed by atoms with Crippen LogP contribution in [0.1, 0.15) is 46.4 Å². The van der Waals surface area contributed by atoms with Gasteiger partial charge >= 0.3 is 0 Å². The predicted molar refractivity (Wildman–Crippen MR) is 120 cm³/mol. The highest BCUT2D eigenvalue weighted by atomic mass is 32.2. The number of hydrogen-bond acceptors (Lipinski definition) is 3. The summed E-state index contributed by atoms with van der Waals surface area (Å²) < 4.78 is 40.8. The maximum absolute atomic E-state index is 13.1. The van der Waals surface area contributed by atoms with Crippen molar-refractivity contribution >= 4 is 21.6 Å². The lowest BCUT2D eigenvalue weighted by Crippen LogP contribution is -2.28. The molecule has 1 atom stereocenters. The van der Waals surface area contributed by atoms with E-state index in [0.717, 1.165) is 11.1 Å². The Balaban J connectivity index is 1.80. The lowest BCUT2D eigenvalue weighted by Gasteiger charge is -2.19. The molecule has 0 radical (unpaired) electrons. The van der Waals surface area contributed by atoms with E-state index in [2.05, 4.69) is 16.1 Å². The van der Waals surface area contributed by atoms with Crippen LogP contribution in [0.2, 0.25) is 0 Å². The predicted octanol–water partition coefficient (Wildman–Crippen LogP) is 5.12. The van der Waals surface area contributed by atoms with Crippen LogP contribution in [-0.4, -0.2) is 14.3 Å². The second-order valence-corrected chi connectivity index (χ2v) is 9.10. The standard InChI is InChI=1S/C24H25FN2O3S/c1-4-23(18-9-8-16(2)17(3)14-18)26-24(28)19-6-5-7-22(15-19)31(29,30)27-21-12-10-20(25)11-13-21/h5-15,23,27H,4H2,1-3H3,(H,26,28)/t23-/m1/s1. The van der Waals surface area contributed by atoms with E-state index in [0.29, 0.717) is 6.42 Å². The van der Waals surface area contributed by atoms with Gasteiger partial charge in [-0.3, -0.25) is 9.52 Å². The van der Waals surface area contributed by atoms with Crippen LogP contribution in [0, 0.1) is 19.7 Å². The van der Waals surface area contributed by atoms with Crippen molar-refractivity contribution in [1.29, 1.82) is 0 Å². The lowest BCUT2D eigenvalue weighted by atomic mass is 9.99. The normalized spacial score (nSPS) is 12.3. The summed E-state index contributed by atoms with van der Waals surface area (Å²) in [6, 6.07) is 16.7. The largest absolute Gasteiger partial charge is 0.345 e. The first kappa shape index (κ1) is 22.5. The van der Waals surface area contributed by atoms with E-state index in [1.165, 1.54) is 48.0 Å². The monoisotopic (exact) mass is 440 g/mol. The molecule has 0 aliphatic heterocycles. The molecule has 0 aliphatic carbocycles.